The SMILES string of the molecule is Cc1c(Br)ccnc1OC1CCCC1. The molecule has 0 unspecified atom stereocenters. The summed E-state index contributed by atoms with van der Waals surface area (Å²) < 4.78 is 6.92. The Morgan fingerprint density at radius 3 is 2.86 bits per heavy atom. The summed E-state index contributed by atoms with van der Waals surface area (Å²) in [4.78, 5) is 4.25. The topological polar surface area (TPSA) is 22.1 Å². The lowest BCUT2D eigenvalue weighted by Gasteiger charge is -2.14. The van der Waals surface area contributed by atoms with Crippen molar-refractivity contribution in [3.63, 3.8) is 0 Å². The van der Waals surface area contributed by atoms with E-state index in [9.17, 15) is 0 Å². The van der Waals surface area contributed by atoms with Crippen molar-refractivity contribution in [1.29, 1.82) is 0 Å². The van der Waals surface area contributed by atoms with E-state index < -0.39 is 0 Å². The predicted molar refractivity (Wildman–Crippen MR) is 59.6 cm³/mol. The average molecular weight is 256 g/mol. The monoisotopic (exact) mass is 255 g/mol. The first-order chi connectivity index (χ1) is 6.77. The minimum atomic E-state index is 0.385. The van der Waals surface area contributed by atoms with Crippen LogP contribution in [0.3, 0.4) is 0 Å². The largest absolute Gasteiger partial charge is 0.474 e. The second-order valence-corrected chi connectivity index (χ2v) is 4.60. The van der Waals surface area contributed by atoms with Crippen LogP contribution in [0.5, 0.6) is 5.88 Å². The van der Waals surface area contributed by atoms with Gasteiger partial charge in [0.05, 0.1) is 0 Å². The number of halogens is 1. The number of hydrogen-bond acceptors (Lipinski definition) is 2. The lowest BCUT2D eigenvalue weighted by Crippen LogP contribution is -2.12. The molecule has 2 nitrogen and oxygen atoms in total. The van der Waals surface area contributed by atoms with Crippen molar-refractivity contribution in [2.75, 3.05) is 0 Å². The van der Waals surface area contributed by atoms with Crippen LogP contribution in [0.25, 0.3) is 0 Å². The molecule has 1 heterocycles. The van der Waals surface area contributed by atoms with E-state index in [4.69, 9.17) is 4.74 Å². The molecule has 14 heavy (non-hydrogen) atoms. The second-order valence-electron chi connectivity index (χ2n) is 3.75. The second kappa shape index (κ2) is 4.30. The van der Waals surface area contributed by atoms with Crippen molar-refractivity contribution in [3.05, 3.63) is 22.3 Å². The van der Waals surface area contributed by atoms with Crippen LogP contribution in [-0.4, -0.2) is 11.1 Å². The van der Waals surface area contributed by atoms with Gasteiger partial charge in [-0.2, -0.15) is 0 Å². The van der Waals surface area contributed by atoms with Crippen LogP contribution in [0.4, 0.5) is 0 Å². The minimum Gasteiger partial charge on any atom is -0.474 e. The Hall–Kier alpha value is -0.570. The van der Waals surface area contributed by atoms with Crippen LogP contribution in [0.2, 0.25) is 0 Å². The zero-order valence-corrected chi connectivity index (χ0v) is 9.88. The fourth-order valence-electron chi connectivity index (χ4n) is 1.78. The van der Waals surface area contributed by atoms with E-state index in [1.54, 1.807) is 6.20 Å². The molecule has 1 saturated carbocycles. The van der Waals surface area contributed by atoms with Gasteiger partial charge in [0.25, 0.3) is 0 Å². The summed E-state index contributed by atoms with van der Waals surface area (Å²) in [5.41, 5.74) is 1.10. The van der Waals surface area contributed by atoms with Gasteiger partial charge in [0.2, 0.25) is 5.88 Å². The average Bonchev–Trinajstić information content (AvgIpc) is 2.66. The number of aromatic nitrogens is 1. The molecule has 0 bridgehead atoms. The van der Waals surface area contributed by atoms with Gasteiger partial charge in [0.1, 0.15) is 6.10 Å². The maximum Gasteiger partial charge on any atom is 0.217 e. The number of nitrogens with zero attached hydrogens (tertiary/aromatic N) is 1. The molecule has 0 aliphatic heterocycles. The van der Waals surface area contributed by atoms with E-state index in [1.807, 2.05) is 13.0 Å². The molecular formula is C11H14BrNO. The Kier molecular flexibility index (Phi) is 3.06. The summed E-state index contributed by atoms with van der Waals surface area (Å²) in [5.74, 6) is 0.784. The molecule has 0 amide bonds. The van der Waals surface area contributed by atoms with Gasteiger partial charge < -0.3 is 4.74 Å². The van der Waals surface area contributed by atoms with Crippen molar-refractivity contribution in [2.24, 2.45) is 0 Å². The van der Waals surface area contributed by atoms with Gasteiger partial charge >= 0.3 is 0 Å². The molecule has 1 aromatic heterocycles. The molecule has 0 radical (unpaired) electrons. The first-order valence-electron chi connectivity index (χ1n) is 5.05. The summed E-state index contributed by atoms with van der Waals surface area (Å²) in [6, 6.07) is 1.94. The molecule has 1 aliphatic rings. The van der Waals surface area contributed by atoms with Crippen LogP contribution < -0.4 is 4.74 Å². The maximum absolute atomic E-state index is 5.85. The zero-order chi connectivity index (χ0) is 9.97. The Balaban J connectivity index is 2.11. The summed E-state index contributed by atoms with van der Waals surface area (Å²) >= 11 is 3.48. The minimum absolute atomic E-state index is 0.385. The van der Waals surface area contributed by atoms with Gasteiger partial charge in [-0.15, -0.1) is 0 Å². The third-order valence-corrected chi connectivity index (χ3v) is 3.53. The van der Waals surface area contributed by atoms with E-state index in [0.717, 1.165) is 15.9 Å². The smallest absolute Gasteiger partial charge is 0.217 e. The molecule has 0 aromatic carbocycles. The molecule has 3 heteroatoms. The van der Waals surface area contributed by atoms with Crippen molar-refractivity contribution >= 4 is 15.9 Å². The van der Waals surface area contributed by atoms with Crippen LogP contribution in [0.1, 0.15) is 31.2 Å². The van der Waals surface area contributed by atoms with E-state index in [2.05, 4.69) is 20.9 Å². The number of pyridine rings is 1. The standard InChI is InChI=1S/C11H14BrNO/c1-8-10(12)6-7-13-11(8)14-9-4-2-3-5-9/h6-7,9H,2-5H2,1H3. The molecule has 0 atom stereocenters. The van der Waals surface area contributed by atoms with Gasteiger partial charge in [-0.1, -0.05) is 15.9 Å². The molecule has 76 valence electrons. The molecule has 1 fully saturated rings. The Labute approximate surface area is 92.8 Å². The zero-order valence-electron chi connectivity index (χ0n) is 8.29. The van der Waals surface area contributed by atoms with Crippen molar-refractivity contribution < 1.29 is 4.74 Å². The number of hydrogen-bond donors (Lipinski definition) is 0. The Bertz CT molecular complexity index is 321. The molecular weight excluding hydrogens is 242 g/mol. The summed E-state index contributed by atoms with van der Waals surface area (Å²) in [5, 5.41) is 0. The van der Waals surface area contributed by atoms with Gasteiger partial charge in [-0.05, 0) is 38.7 Å². The molecule has 1 aromatic rings. The highest BCUT2D eigenvalue weighted by Crippen LogP contribution is 2.27. The highest BCUT2D eigenvalue weighted by Gasteiger charge is 2.18. The summed E-state index contributed by atoms with van der Waals surface area (Å²) in [7, 11) is 0. The van der Waals surface area contributed by atoms with Crippen LogP contribution in [-0.2, 0) is 0 Å². The van der Waals surface area contributed by atoms with Crippen molar-refractivity contribution in [3.8, 4) is 5.88 Å². The maximum atomic E-state index is 5.85. The molecule has 0 N–H and O–H groups in total. The van der Waals surface area contributed by atoms with Crippen LogP contribution >= 0.6 is 15.9 Å². The molecule has 2 rings (SSSR count). The predicted octanol–water partition coefficient (Wildman–Crippen LogP) is 3.47. The fourth-order valence-corrected chi connectivity index (χ4v) is 2.07. The fraction of sp³-hybridized carbons (Fsp3) is 0.545. The Morgan fingerprint density at radius 1 is 1.43 bits per heavy atom. The van der Waals surface area contributed by atoms with Gasteiger partial charge in [0.15, 0.2) is 0 Å². The molecule has 1 aliphatic carbocycles. The van der Waals surface area contributed by atoms with E-state index in [-0.39, 0.29) is 0 Å². The third-order valence-electron chi connectivity index (χ3n) is 2.67. The number of rotatable bonds is 2. The highest BCUT2D eigenvalue weighted by molar-refractivity contribution is 9.10. The molecule has 0 spiro atoms. The van der Waals surface area contributed by atoms with Gasteiger partial charge in [0, 0.05) is 16.2 Å². The number of ether oxygens (including phenoxy) is 1. The van der Waals surface area contributed by atoms with Gasteiger partial charge in [-0.25, -0.2) is 4.98 Å². The highest BCUT2D eigenvalue weighted by atomic mass is 79.9. The summed E-state index contributed by atoms with van der Waals surface area (Å²) in [6.45, 7) is 2.03. The van der Waals surface area contributed by atoms with E-state index in [1.165, 1.54) is 25.7 Å². The van der Waals surface area contributed by atoms with Crippen LogP contribution in [0.15, 0.2) is 16.7 Å². The quantitative estimate of drug-likeness (QED) is 0.808. The van der Waals surface area contributed by atoms with Crippen molar-refractivity contribution in [1.82, 2.24) is 4.98 Å². The first kappa shape index (κ1) is 9.97. The van der Waals surface area contributed by atoms with Crippen molar-refractivity contribution in [2.45, 2.75) is 38.7 Å². The van der Waals surface area contributed by atoms with E-state index in [0.29, 0.717) is 6.10 Å². The third kappa shape index (κ3) is 2.08. The van der Waals surface area contributed by atoms with Gasteiger partial charge in [-0.3, -0.25) is 0 Å². The van der Waals surface area contributed by atoms with E-state index >= 15 is 0 Å². The normalized spacial score (nSPS) is 17.3. The first-order valence-corrected chi connectivity index (χ1v) is 5.84. The lowest BCUT2D eigenvalue weighted by atomic mass is 10.3. The Morgan fingerprint density at radius 2 is 2.14 bits per heavy atom. The van der Waals surface area contributed by atoms with Crippen LogP contribution in [0, 0.1) is 6.92 Å². The lowest BCUT2D eigenvalue weighted by molar-refractivity contribution is 0.200. The summed E-state index contributed by atoms with van der Waals surface area (Å²) in [6.07, 6.45) is 7.09. The molecule has 0 saturated heterocycles.